The summed E-state index contributed by atoms with van der Waals surface area (Å²) in [5, 5.41) is 0. The Balaban J connectivity index is 1.85. The molecule has 0 radical (unpaired) electrons. The van der Waals surface area contributed by atoms with E-state index in [1.165, 1.54) is 18.4 Å². The summed E-state index contributed by atoms with van der Waals surface area (Å²) in [5.41, 5.74) is 8.45. The summed E-state index contributed by atoms with van der Waals surface area (Å²) in [6.45, 7) is 2.97. The highest BCUT2D eigenvalue weighted by Crippen LogP contribution is 2.22. The maximum Gasteiger partial charge on any atom is 0.0576 e. The van der Waals surface area contributed by atoms with Crippen LogP contribution in [0.25, 0.3) is 0 Å². The normalized spacial score (nSPS) is 22.2. The molecule has 0 spiro atoms. The van der Waals surface area contributed by atoms with Crippen molar-refractivity contribution in [2.24, 2.45) is 5.73 Å². The zero-order chi connectivity index (χ0) is 11.4. The van der Waals surface area contributed by atoms with Gasteiger partial charge in [0.2, 0.25) is 0 Å². The molecular formula is C13H20N2O. The van der Waals surface area contributed by atoms with Crippen LogP contribution < -0.4 is 5.73 Å². The summed E-state index contributed by atoms with van der Waals surface area (Å²) in [6, 6.07) is 2.21. The minimum absolute atomic E-state index is 0.0941. The van der Waals surface area contributed by atoms with Crippen molar-refractivity contribution in [3.8, 4) is 0 Å². The first-order chi connectivity index (χ1) is 7.75. The molecule has 1 aliphatic heterocycles. The Morgan fingerprint density at radius 1 is 1.56 bits per heavy atom. The van der Waals surface area contributed by atoms with Crippen molar-refractivity contribution < 1.29 is 4.74 Å². The van der Waals surface area contributed by atoms with Crippen LogP contribution in [0.1, 0.15) is 42.9 Å². The monoisotopic (exact) mass is 220 g/mol. The first kappa shape index (κ1) is 11.6. The highest BCUT2D eigenvalue weighted by molar-refractivity contribution is 5.19. The molecule has 0 aliphatic carbocycles. The van der Waals surface area contributed by atoms with Gasteiger partial charge in [0.1, 0.15) is 0 Å². The van der Waals surface area contributed by atoms with E-state index >= 15 is 0 Å². The molecule has 16 heavy (non-hydrogen) atoms. The molecule has 1 saturated heterocycles. The van der Waals surface area contributed by atoms with Gasteiger partial charge in [0, 0.05) is 25.0 Å². The maximum atomic E-state index is 6.15. The summed E-state index contributed by atoms with van der Waals surface area (Å²) in [7, 11) is 0. The Labute approximate surface area is 97.0 Å². The fourth-order valence-electron chi connectivity index (χ4n) is 2.19. The summed E-state index contributed by atoms with van der Waals surface area (Å²) in [4.78, 5) is 4.17. The topological polar surface area (TPSA) is 48.1 Å². The SMILES string of the molecule is Cc1cncc(C(N)CCC2CCCO2)c1. The van der Waals surface area contributed by atoms with E-state index < -0.39 is 0 Å². The van der Waals surface area contributed by atoms with E-state index in [9.17, 15) is 0 Å². The lowest BCUT2D eigenvalue weighted by atomic mass is 10.0. The quantitative estimate of drug-likeness (QED) is 0.847. The van der Waals surface area contributed by atoms with Gasteiger partial charge in [-0.1, -0.05) is 6.07 Å². The smallest absolute Gasteiger partial charge is 0.0576 e. The molecule has 1 aromatic heterocycles. The molecule has 0 saturated carbocycles. The van der Waals surface area contributed by atoms with Gasteiger partial charge < -0.3 is 10.5 Å². The number of hydrogen-bond donors (Lipinski definition) is 1. The molecule has 2 atom stereocenters. The van der Waals surface area contributed by atoms with Crippen molar-refractivity contribution in [3.05, 3.63) is 29.6 Å². The van der Waals surface area contributed by atoms with Crippen LogP contribution in [0.2, 0.25) is 0 Å². The van der Waals surface area contributed by atoms with Crippen LogP contribution in [0, 0.1) is 6.92 Å². The Morgan fingerprint density at radius 3 is 3.12 bits per heavy atom. The lowest BCUT2D eigenvalue weighted by Gasteiger charge is -2.15. The third-order valence-electron chi connectivity index (χ3n) is 3.15. The Hall–Kier alpha value is -0.930. The van der Waals surface area contributed by atoms with Crippen molar-refractivity contribution in [1.82, 2.24) is 4.98 Å². The second kappa shape index (κ2) is 5.41. The van der Waals surface area contributed by atoms with Gasteiger partial charge in [-0.15, -0.1) is 0 Å². The van der Waals surface area contributed by atoms with Crippen LogP contribution in [0.15, 0.2) is 18.5 Å². The van der Waals surface area contributed by atoms with Gasteiger partial charge in [0.05, 0.1) is 6.10 Å². The summed E-state index contributed by atoms with van der Waals surface area (Å²) >= 11 is 0. The molecule has 3 nitrogen and oxygen atoms in total. The predicted molar refractivity (Wildman–Crippen MR) is 64.1 cm³/mol. The van der Waals surface area contributed by atoms with Gasteiger partial charge in [-0.3, -0.25) is 4.98 Å². The van der Waals surface area contributed by atoms with Gasteiger partial charge in [-0.05, 0) is 43.7 Å². The van der Waals surface area contributed by atoms with Crippen LogP contribution in [0.4, 0.5) is 0 Å². The fourth-order valence-corrected chi connectivity index (χ4v) is 2.19. The standard InChI is InChI=1S/C13H20N2O/c1-10-7-11(9-15-8-10)13(14)5-4-12-3-2-6-16-12/h7-9,12-13H,2-6,14H2,1H3. The zero-order valence-corrected chi connectivity index (χ0v) is 9.86. The number of rotatable bonds is 4. The molecule has 2 N–H and O–H groups in total. The lowest BCUT2D eigenvalue weighted by molar-refractivity contribution is 0.101. The van der Waals surface area contributed by atoms with Crippen molar-refractivity contribution >= 4 is 0 Å². The molecule has 3 heteroatoms. The van der Waals surface area contributed by atoms with E-state index in [1.807, 2.05) is 19.3 Å². The number of pyridine rings is 1. The van der Waals surface area contributed by atoms with E-state index in [4.69, 9.17) is 10.5 Å². The van der Waals surface area contributed by atoms with E-state index in [0.29, 0.717) is 6.10 Å². The second-order valence-electron chi connectivity index (χ2n) is 4.61. The Kier molecular flexibility index (Phi) is 3.91. The predicted octanol–water partition coefficient (Wildman–Crippen LogP) is 2.35. The van der Waals surface area contributed by atoms with Crippen molar-refractivity contribution in [2.45, 2.75) is 44.8 Å². The molecule has 0 amide bonds. The van der Waals surface area contributed by atoms with Gasteiger partial charge in [0.15, 0.2) is 0 Å². The second-order valence-corrected chi connectivity index (χ2v) is 4.61. The molecule has 88 valence electrons. The van der Waals surface area contributed by atoms with Crippen molar-refractivity contribution in [3.63, 3.8) is 0 Å². The molecule has 0 aromatic carbocycles. The molecular weight excluding hydrogens is 200 g/mol. The van der Waals surface area contributed by atoms with Gasteiger partial charge in [0.25, 0.3) is 0 Å². The van der Waals surface area contributed by atoms with E-state index in [0.717, 1.165) is 25.0 Å². The summed E-state index contributed by atoms with van der Waals surface area (Å²) in [5.74, 6) is 0. The number of aromatic nitrogens is 1. The molecule has 1 aromatic rings. The van der Waals surface area contributed by atoms with Crippen LogP contribution in [0.5, 0.6) is 0 Å². The van der Waals surface area contributed by atoms with Crippen LogP contribution in [-0.4, -0.2) is 17.7 Å². The molecule has 1 fully saturated rings. The molecule has 0 bridgehead atoms. The maximum absolute atomic E-state index is 6.15. The fraction of sp³-hybridized carbons (Fsp3) is 0.615. The average molecular weight is 220 g/mol. The molecule has 1 aliphatic rings. The number of aryl methyl sites for hydroxylation is 1. The number of hydrogen-bond acceptors (Lipinski definition) is 3. The minimum Gasteiger partial charge on any atom is -0.378 e. The molecule has 2 heterocycles. The highest BCUT2D eigenvalue weighted by atomic mass is 16.5. The lowest BCUT2D eigenvalue weighted by Crippen LogP contribution is -2.14. The molecule has 2 unspecified atom stereocenters. The summed E-state index contributed by atoms with van der Waals surface area (Å²) < 4.78 is 5.59. The zero-order valence-electron chi connectivity index (χ0n) is 9.86. The van der Waals surface area contributed by atoms with Gasteiger partial charge in [-0.25, -0.2) is 0 Å². The van der Waals surface area contributed by atoms with Crippen molar-refractivity contribution in [1.29, 1.82) is 0 Å². The van der Waals surface area contributed by atoms with Crippen LogP contribution >= 0.6 is 0 Å². The Bertz CT molecular complexity index is 334. The summed E-state index contributed by atoms with van der Waals surface area (Å²) in [6.07, 6.45) is 8.60. The average Bonchev–Trinajstić information content (AvgIpc) is 2.78. The van der Waals surface area contributed by atoms with Crippen molar-refractivity contribution in [2.75, 3.05) is 6.61 Å². The first-order valence-electron chi connectivity index (χ1n) is 6.04. The van der Waals surface area contributed by atoms with Gasteiger partial charge in [-0.2, -0.15) is 0 Å². The van der Waals surface area contributed by atoms with E-state index in [-0.39, 0.29) is 6.04 Å². The first-order valence-corrected chi connectivity index (χ1v) is 6.04. The minimum atomic E-state index is 0.0941. The van der Waals surface area contributed by atoms with E-state index in [1.54, 1.807) is 0 Å². The number of nitrogens with zero attached hydrogens (tertiary/aromatic N) is 1. The largest absolute Gasteiger partial charge is 0.378 e. The van der Waals surface area contributed by atoms with E-state index in [2.05, 4.69) is 11.1 Å². The third kappa shape index (κ3) is 3.03. The van der Waals surface area contributed by atoms with Crippen LogP contribution in [-0.2, 0) is 4.74 Å². The molecule has 2 rings (SSSR count). The Morgan fingerprint density at radius 2 is 2.44 bits per heavy atom. The number of nitrogens with two attached hydrogens (primary N) is 1. The number of ether oxygens (including phenoxy) is 1. The van der Waals surface area contributed by atoms with Crippen LogP contribution in [0.3, 0.4) is 0 Å². The third-order valence-corrected chi connectivity index (χ3v) is 3.15. The highest BCUT2D eigenvalue weighted by Gasteiger charge is 2.17. The van der Waals surface area contributed by atoms with Gasteiger partial charge >= 0.3 is 0 Å².